The number of aromatic nitrogens is 4. The molecular weight excluding hydrogens is 397 g/mol. The summed E-state index contributed by atoms with van der Waals surface area (Å²) in [6, 6.07) is 12.2. The van der Waals surface area contributed by atoms with E-state index in [2.05, 4.69) is 19.9 Å². The fraction of sp³-hybridized carbons (Fsp3) is 0.190. The van der Waals surface area contributed by atoms with E-state index in [-0.39, 0.29) is 23.7 Å². The van der Waals surface area contributed by atoms with E-state index in [1.54, 1.807) is 13.0 Å². The van der Waals surface area contributed by atoms with E-state index < -0.39 is 17.8 Å². The predicted octanol–water partition coefficient (Wildman–Crippen LogP) is 4.51. The van der Waals surface area contributed by atoms with Gasteiger partial charge in [-0.05, 0) is 30.2 Å². The minimum absolute atomic E-state index is 0.0945. The first-order chi connectivity index (χ1) is 14.4. The van der Waals surface area contributed by atoms with Crippen LogP contribution in [0.1, 0.15) is 17.0 Å². The molecule has 0 spiro atoms. The van der Waals surface area contributed by atoms with Gasteiger partial charge < -0.3 is 9.47 Å². The van der Waals surface area contributed by atoms with Crippen LogP contribution >= 0.6 is 0 Å². The van der Waals surface area contributed by atoms with Gasteiger partial charge in [0.15, 0.2) is 17.2 Å². The van der Waals surface area contributed by atoms with Gasteiger partial charge >= 0.3 is 6.11 Å². The number of hydrogen-bond acceptors (Lipinski definition) is 5. The Morgan fingerprint density at radius 3 is 2.60 bits per heavy atom. The maximum Gasteiger partial charge on any atom is 0.417 e. The first kappa shape index (κ1) is 19.8. The predicted molar refractivity (Wildman–Crippen MR) is 103 cm³/mol. The van der Waals surface area contributed by atoms with Crippen LogP contribution < -0.4 is 4.74 Å². The minimum atomic E-state index is -3.63. The average molecular weight is 414 g/mol. The molecule has 0 N–H and O–H groups in total. The van der Waals surface area contributed by atoms with E-state index in [0.29, 0.717) is 11.1 Å². The molecule has 0 aliphatic rings. The van der Waals surface area contributed by atoms with Gasteiger partial charge in [0, 0.05) is 18.9 Å². The lowest BCUT2D eigenvalue weighted by Crippen LogP contribution is -2.19. The minimum Gasteiger partial charge on any atom is -0.486 e. The number of nitrogens with zero attached hydrogens (tertiary/aromatic N) is 4. The molecule has 0 atom stereocenters. The quantitative estimate of drug-likeness (QED) is 0.465. The largest absolute Gasteiger partial charge is 0.486 e. The summed E-state index contributed by atoms with van der Waals surface area (Å²) in [5, 5.41) is 7.16. The fourth-order valence-electron chi connectivity index (χ4n) is 3.01. The Hall–Kier alpha value is -3.46. The number of ether oxygens (including phenoxy) is 2. The summed E-state index contributed by atoms with van der Waals surface area (Å²) in [5.74, 6) is -1.18. The van der Waals surface area contributed by atoms with Crippen LogP contribution in [0.5, 0.6) is 5.75 Å². The summed E-state index contributed by atoms with van der Waals surface area (Å²) in [5.41, 5.74) is 2.40. The van der Waals surface area contributed by atoms with Crippen LogP contribution in [0, 0.1) is 12.7 Å². The lowest BCUT2D eigenvalue weighted by Gasteiger charge is -2.13. The molecule has 6 nitrogen and oxygen atoms in total. The summed E-state index contributed by atoms with van der Waals surface area (Å²) in [7, 11) is 0.872. The van der Waals surface area contributed by atoms with Crippen molar-refractivity contribution >= 4 is 5.65 Å². The molecule has 2 heterocycles. The Bertz CT molecular complexity index is 1200. The molecule has 0 aliphatic carbocycles. The molecule has 0 saturated heterocycles. The normalized spacial score (nSPS) is 11.8. The van der Waals surface area contributed by atoms with Gasteiger partial charge in [0.25, 0.3) is 0 Å². The zero-order chi connectivity index (χ0) is 21.3. The Kier molecular flexibility index (Phi) is 5.13. The molecule has 2 aromatic heterocycles. The highest BCUT2D eigenvalue weighted by molar-refractivity contribution is 5.65. The third-order valence-electron chi connectivity index (χ3n) is 4.60. The zero-order valence-electron chi connectivity index (χ0n) is 16.1. The van der Waals surface area contributed by atoms with Crippen LogP contribution in [0.25, 0.3) is 16.9 Å². The molecule has 9 heteroatoms. The monoisotopic (exact) mass is 414 g/mol. The first-order valence-corrected chi connectivity index (χ1v) is 9.00. The van der Waals surface area contributed by atoms with Crippen LogP contribution in [0.2, 0.25) is 0 Å². The summed E-state index contributed by atoms with van der Waals surface area (Å²) < 4.78 is 53.5. The van der Waals surface area contributed by atoms with E-state index in [9.17, 15) is 13.2 Å². The molecular formula is C21H17F3N4O2. The van der Waals surface area contributed by atoms with Gasteiger partial charge in [0.1, 0.15) is 6.61 Å². The number of rotatable bonds is 6. The topological polar surface area (TPSA) is 61.5 Å². The fourth-order valence-corrected chi connectivity index (χ4v) is 3.01. The van der Waals surface area contributed by atoms with Crippen molar-refractivity contribution in [3.63, 3.8) is 0 Å². The van der Waals surface area contributed by atoms with Gasteiger partial charge in [-0.25, -0.2) is 4.39 Å². The van der Waals surface area contributed by atoms with Gasteiger partial charge in [-0.15, -0.1) is 10.2 Å². The molecule has 0 unspecified atom stereocenters. The second-order valence-electron chi connectivity index (χ2n) is 6.62. The second kappa shape index (κ2) is 7.75. The van der Waals surface area contributed by atoms with Crippen LogP contribution in [-0.2, 0) is 17.5 Å². The molecule has 0 fully saturated rings. The maximum atomic E-state index is 14.7. The number of aryl methyl sites for hydroxylation is 1. The number of alkyl halides is 2. The van der Waals surface area contributed by atoms with Crippen LogP contribution in [0.3, 0.4) is 0 Å². The van der Waals surface area contributed by atoms with E-state index >= 15 is 0 Å². The van der Waals surface area contributed by atoms with Gasteiger partial charge in [0.05, 0.1) is 11.9 Å². The standard InChI is InChI=1S/C21H17F3N4O2/c1-13-8-18(30-12-14-6-4-3-5-7-14)16(22)9-15(13)17-11-28-19(10-25-17)26-27-20(28)21(23,24)29-2/h3-11H,12H2,1-2H3. The molecule has 0 aliphatic heterocycles. The van der Waals surface area contributed by atoms with E-state index in [1.165, 1.54) is 18.5 Å². The van der Waals surface area contributed by atoms with Crippen molar-refractivity contribution in [1.82, 2.24) is 19.6 Å². The zero-order valence-corrected chi connectivity index (χ0v) is 16.1. The van der Waals surface area contributed by atoms with E-state index in [0.717, 1.165) is 17.1 Å². The highest BCUT2D eigenvalue weighted by Gasteiger charge is 2.37. The van der Waals surface area contributed by atoms with Crippen molar-refractivity contribution < 1.29 is 22.6 Å². The molecule has 0 radical (unpaired) electrons. The van der Waals surface area contributed by atoms with Crippen LogP contribution in [0.4, 0.5) is 13.2 Å². The summed E-state index contributed by atoms with van der Waals surface area (Å²) in [6.45, 7) is 1.98. The van der Waals surface area contributed by atoms with Crippen molar-refractivity contribution in [3.8, 4) is 17.0 Å². The highest BCUT2D eigenvalue weighted by Crippen LogP contribution is 2.31. The number of benzene rings is 2. The summed E-state index contributed by atoms with van der Waals surface area (Å²) in [4.78, 5) is 4.21. The molecule has 154 valence electrons. The lowest BCUT2D eigenvalue weighted by molar-refractivity contribution is -0.237. The van der Waals surface area contributed by atoms with Crippen molar-refractivity contribution in [2.45, 2.75) is 19.6 Å². The molecule has 4 aromatic rings. The lowest BCUT2D eigenvalue weighted by atomic mass is 10.1. The van der Waals surface area contributed by atoms with Crippen LogP contribution in [0.15, 0.2) is 54.9 Å². The van der Waals surface area contributed by atoms with Crippen molar-refractivity contribution in [2.75, 3.05) is 7.11 Å². The van der Waals surface area contributed by atoms with Gasteiger partial charge in [-0.2, -0.15) is 8.78 Å². The molecule has 0 bridgehead atoms. The number of hydrogen-bond donors (Lipinski definition) is 0. The SMILES string of the molecule is COC(F)(F)c1nnc2cnc(-c3cc(F)c(OCc4ccccc4)cc3C)cn12. The van der Waals surface area contributed by atoms with Crippen molar-refractivity contribution in [3.05, 3.63) is 77.6 Å². The van der Waals surface area contributed by atoms with Gasteiger partial charge in [0.2, 0.25) is 5.82 Å². The molecule has 0 saturated carbocycles. The maximum absolute atomic E-state index is 14.7. The Morgan fingerprint density at radius 2 is 1.87 bits per heavy atom. The third-order valence-corrected chi connectivity index (χ3v) is 4.60. The summed E-state index contributed by atoms with van der Waals surface area (Å²) in [6.07, 6.45) is -1.02. The number of halogens is 3. The molecule has 30 heavy (non-hydrogen) atoms. The Labute approximate surface area is 169 Å². The number of fused-ring (bicyclic) bond motifs is 1. The smallest absolute Gasteiger partial charge is 0.417 e. The highest BCUT2D eigenvalue weighted by atomic mass is 19.3. The summed E-state index contributed by atoms with van der Waals surface area (Å²) >= 11 is 0. The Balaban J connectivity index is 1.68. The van der Waals surface area contributed by atoms with E-state index in [4.69, 9.17) is 4.74 Å². The van der Waals surface area contributed by atoms with Crippen molar-refractivity contribution in [1.29, 1.82) is 0 Å². The third kappa shape index (κ3) is 3.71. The molecule has 2 aromatic carbocycles. The molecule has 4 rings (SSSR count). The van der Waals surface area contributed by atoms with E-state index in [1.807, 2.05) is 30.3 Å². The Morgan fingerprint density at radius 1 is 1.10 bits per heavy atom. The number of methoxy groups -OCH3 is 1. The second-order valence-corrected chi connectivity index (χ2v) is 6.62. The first-order valence-electron chi connectivity index (χ1n) is 9.00. The average Bonchev–Trinajstić information content (AvgIpc) is 3.19. The van der Waals surface area contributed by atoms with Gasteiger partial charge in [-0.1, -0.05) is 30.3 Å². The molecule has 0 amide bonds. The van der Waals surface area contributed by atoms with Crippen molar-refractivity contribution in [2.24, 2.45) is 0 Å². The van der Waals surface area contributed by atoms with Gasteiger partial charge in [-0.3, -0.25) is 9.38 Å². The van der Waals surface area contributed by atoms with Crippen LogP contribution in [-0.4, -0.2) is 26.7 Å².